The third-order valence-corrected chi connectivity index (χ3v) is 6.26. The van der Waals surface area contributed by atoms with Crippen molar-refractivity contribution in [1.82, 2.24) is 9.47 Å². The number of hydrogen-bond acceptors (Lipinski definition) is 3. The molecule has 2 fully saturated rings. The quantitative estimate of drug-likeness (QED) is 0.633. The lowest BCUT2D eigenvalue weighted by Gasteiger charge is -2.34. The summed E-state index contributed by atoms with van der Waals surface area (Å²) >= 11 is 6.14. The molecule has 0 spiro atoms. The number of pyridine rings is 1. The van der Waals surface area contributed by atoms with Crippen molar-refractivity contribution in [1.29, 1.82) is 0 Å². The Kier molecular flexibility index (Phi) is 4.60. The summed E-state index contributed by atoms with van der Waals surface area (Å²) in [6, 6.07) is 10.9. The molecule has 0 amide bonds. The molecule has 4 nitrogen and oxygen atoms in total. The highest BCUT2D eigenvalue weighted by Crippen LogP contribution is 2.39. The van der Waals surface area contributed by atoms with Crippen LogP contribution in [0.1, 0.15) is 18.9 Å². The second kappa shape index (κ2) is 7.15. The molecule has 5 rings (SSSR count). The smallest absolute Gasteiger partial charge is 0.197 e. The van der Waals surface area contributed by atoms with Gasteiger partial charge in [0.05, 0.1) is 11.2 Å². The first-order chi connectivity index (χ1) is 14.0. The van der Waals surface area contributed by atoms with Crippen molar-refractivity contribution in [2.24, 2.45) is 0 Å². The van der Waals surface area contributed by atoms with E-state index in [4.69, 9.17) is 11.6 Å². The lowest BCUT2D eigenvalue weighted by molar-refractivity contribution is 0.312. The van der Waals surface area contributed by atoms with Gasteiger partial charge in [0, 0.05) is 54.4 Å². The minimum atomic E-state index is -0.329. The molecule has 2 aromatic carbocycles. The molecule has 1 aliphatic heterocycles. The zero-order valence-corrected chi connectivity index (χ0v) is 17.1. The molecule has 0 radical (unpaired) electrons. The normalized spacial score (nSPS) is 17.8. The van der Waals surface area contributed by atoms with Crippen molar-refractivity contribution in [2.45, 2.75) is 18.9 Å². The van der Waals surface area contributed by atoms with Crippen LogP contribution in [0.15, 0.2) is 47.4 Å². The van der Waals surface area contributed by atoms with Crippen LogP contribution in [0.2, 0.25) is 5.02 Å². The molecule has 0 unspecified atom stereocenters. The van der Waals surface area contributed by atoms with Crippen LogP contribution in [0.25, 0.3) is 22.0 Å². The Bertz CT molecular complexity index is 1150. The molecule has 2 heterocycles. The van der Waals surface area contributed by atoms with Gasteiger partial charge in [-0.2, -0.15) is 0 Å². The summed E-state index contributed by atoms with van der Waals surface area (Å²) in [7, 11) is 2.08. The van der Waals surface area contributed by atoms with Crippen LogP contribution < -0.4 is 10.3 Å². The van der Waals surface area contributed by atoms with Crippen molar-refractivity contribution >= 4 is 28.2 Å². The summed E-state index contributed by atoms with van der Waals surface area (Å²) in [4.78, 5) is 17.6. The lowest BCUT2D eigenvalue weighted by atomic mass is 10.0. The average molecular weight is 412 g/mol. The number of anilines is 1. The maximum Gasteiger partial charge on any atom is 0.197 e. The highest BCUT2D eigenvalue weighted by molar-refractivity contribution is 6.30. The SMILES string of the molecule is CN1CCN(c2cc3c(cc2F)c(=O)c(-c2cccc(Cl)c2)cn3C2CC2)CC1. The van der Waals surface area contributed by atoms with Crippen LogP contribution in [0.5, 0.6) is 0 Å². The van der Waals surface area contributed by atoms with Crippen LogP contribution >= 0.6 is 11.6 Å². The third-order valence-electron chi connectivity index (χ3n) is 6.02. The van der Waals surface area contributed by atoms with Crippen molar-refractivity contribution < 1.29 is 4.39 Å². The van der Waals surface area contributed by atoms with Gasteiger partial charge in [0.1, 0.15) is 5.82 Å². The number of likely N-dealkylation sites (N-methyl/N-ethyl adjacent to an activating group) is 1. The minimum absolute atomic E-state index is 0.150. The topological polar surface area (TPSA) is 28.5 Å². The van der Waals surface area contributed by atoms with Crippen LogP contribution in [0.4, 0.5) is 10.1 Å². The van der Waals surface area contributed by atoms with Gasteiger partial charge in [-0.25, -0.2) is 4.39 Å². The van der Waals surface area contributed by atoms with Gasteiger partial charge in [-0.05, 0) is 49.7 Å². The first-order valence-corrected chi connectivity index (χ1v) is 10.5. The molecule has 1 aliphatic carbocycles. The predicted molar refractivity (Wildman–Crippen MR) is 117 cm³/mol. The van der Waals surface area contributed by atoms with E-state index < -0.39 is 0 Å². The first-order valence-electron chi connectivity index (χ1n) is 10.1. The van der Waals surface area contributed by atoms with E-state index in [-0.39, 0.29) is 11.2 Å². The molecular formula is C23H23ClFN3O. The third kappa shape index (κ3) is 3.43. The van der Waals surface area contributed by atoms with E-state index in [0.29, 0.717) is 27.7 Å². The van der Waals surface area contributed by atoms with Gasteiger partial charge in [-0.15, -0.1) is 0 Å². The second-order valence-corrected chi connectivity index (χ2v) is 8.57. The molecule has 150 valence electrons. The van der Waals surface area contributed by atoms with Crippen LogP contribution in [0, 0.1) is 5.82 Å². The molecule has 3 aromatic rings. The molecular weight excluding hydrogens is 389 g/mol. The minimum Gasteiger partial charge on any atom is -0.367 e. The van der Waals surface area contributed by atoms with E-state index in [0.717, 1.165) is 50.1 Å². The number of benzene rings is 2. The molecule has 1 aromatic heterocycles. The fourth-order valence-corrected chi connectivity index (χ4v) is 4.36. The maximum atomic E-state index is 15.1. The highest BCUT2D eigenvalue weighted by Gasteiger charge is 2.27. The summed E-state index contributed by atoms with van der Waals surface area (Å²) in [6.45, 7) is 3.38. The summed E-state index contributed by atoms with van der Waals surface area (Å²) in [6.07, 6.45) is 4.09. The van der Waals surface area contributed by atoms with Crippen LogP contribution in [0.3, 0.4) is 0 Å². The lowest BCUT2D eigenvalue weighted by Crippen LogP contribution is -2.44. The van der Waals surface area contributed by atoms with Crippen LogP contribution in [-0.2, 0) is 0 Å². The zero-order valence-electron chi connectivity index (χ0n) is 16.4. The molecule has 0 bridgehead atoms. The average Bonchev–Trinajstić information content (AvgIpc) is 3.54. The number of rotatable bonds is 3. The van der Waals surface area contributed by atoms with E-state index in [2.05, 4.69) is 21.4 Å². The summed E-state index contributed by atoms with van der Waals surface area (Å²) in [5, 5.41) is 1.02. The zero-order chi connectivity index (χ0) is 20.1. The Hall–Kier alpha value is -2.37. The Morgan fingerprint density at radius 2 is 1.83 bits per heavy atom. The van der Waals surface area contributed by atoms with E-state index in [1.54, 1.807) is 12.1 Å². The molecule has 0 N–H and O–H groups in total. The van der Waals surface area contributed by atoms with Crippen LogP contribution in [-0.4, -0.2) is 42.7 Å². The van der Waals surface area contributed by atoms with E-state index >= 15 is 4.39 Å². The Morgan fingerprint density at radius 3 is 2.52 bits per heavy atom. The van der Waals surface area contributed by atoms with E-state index in [1.807, 2.05) is 24.4 Å². The number of piperazine rings is 1. The summed E-state index contributed by atoms with van der Waals surface area (Å²) in [5.41, 5.74) is 2.59. The van der Waals surface area contributed by atoms with Crippen molar-refractivity contribution in [3.05, 3.63) is 63.7 Å². The molecule has 1 saturated carbocycles. The van der Waals surface area contributed by atoms with Gasteiger partial charge < -0.3 is 14.4 Å². The molecule has 1 saturated heterocycles. The maximum absolute atomic E-state index is 15.1. The largest absolute Gasteiger partial charge is 0.367 e. The number of fused-ring (bicyclic) bond motifs is 1. The Morgan fingerprint density at radius 1 is 1.07 bits per heavy atom. The standard InChI is InChI=1S/C23H23ClFN3O/c1-26-7-9-27(10-8-26)22-13-21-18(12-20(22)25)23(29)19(14-28(21)17-5-6-17)15-3-2-4-16(24)11-15/h2-4,11-14,17H,5-10H2,1H3. The van der Waals surface area contributed by atoms with E-state index in [9.17, 15) is 4.79 Å². The Balaban J connectivity index is 1.69. The van der Waals surface area contributed by atoms with Crippen molar-refractivity contribution in [2.75, 3.05) is 38.1 Å². The summed E-state index contributed by atoms with van der Waals surface area (Å²) in [5.74, 6) is -0.329. The molecule has 0 atom stereocenters. The fraction of sp³-hybridized carbons (Fsp3) is 0.348. The molecule has 6 heteroatoms. The van der Waals surface area contributed by atoms with Crippen molar-refractivity contribution in [3.8, 4) is 11.1 Å². The van der Waals surface area contributed by atoms with Gasteiger partial charge >= 0.3 is 0 Å². The highest BCUT2D eigenvalue weighted by atomic mass is 35.5. The monoisotopic (exact) mass is 411 g/mol. The number of hydrogen-bond donors (Lipinski definition) is 0. The predicted octanol–water partition coefficient (Wildman–Crippen LogP) is 4.55. The molecule has 29 heavy (non-hydrogen) atoms. The number of halogens is 2. The Labute approximate surface area is 174 Å². The number of nitrogens with zero attached hydrogens (tertiary/aromatic N) is 3. The van der Waals surface area contributed by atoms with Gasteiger partial charge in [-0.1, -0.05) is 23.7 Å². The summed E-state index contributed by atoms with van der Waals surface area (Å²) < 4.78 is 17.3. The first kappa shape index (κ1) is 18.6. The van der Waals surface area contributed by atoms with Gasteiger partial charge in [-0.3, -0.25) is 4.79 Å². The van der Waals surface area contributed by atoms with Gasteiger partial charge in [0.25, 0.3) is 0 Å². The van der Waals surface area contributed by atoms with Crippen molar-refractivity contribution in [3.63, 3.8) is 0 Å². The van der Waals surface area contributed by atoms with Gasteiger partial charge in [0.15, 0.2) is 5.43 Å². The second-order valence-electron chi connectivity index (χ2n) is 8.13. The number of aromatic nitrogens is 1. The van der Waals surface area contributed by atoms with Gasteiger partial charge in [0.2, 0.25) is 0 Å². The fourth-order valence-electron chi connectivity index (χ4n) is 4.16. The molecule has 2 aliphatic rings. The van der Waals surface area contributed by atoms with E-state index in [1.165, 1.54) is 6.07 Å².